The van der Waals surface area contributed by atoms with Gasteiger partial charge in [-0.05, 0) is 90.1 Å². The molecule has 0 aliphatic rings. The van der Waals surface area contributed by atoms with E-state index in [9.17, 15) is 0 Å². The lowest BCUT2D eigenvalue weighted by Gasteiger charge is -2.36. The van der Waals surface area contributed by atoms with E-state index in [0.717, 1.165) is 74.9 Å². The number of carbonyl (C=O) groups is 1. The van der Waals surface area contributed by atoms with Gasteiger partial charge in [0.1, 0.15) is 16.9 Å². The standard InChI is InChI=1S/C45H44N8.CH3NO/c1-7-40-47-41-32(5)31(4)33(6)46-44(41)52(40)29-34-24-26-35(27-25-34)42-39(28-30(3)51(42)8-2)43-48-49-50-53(43)45(36-18-12-9-13-19-36,37-20-14-10-15-21-37)38-22-16-11-17-23-38;2-1-3/h9-28H,7-8,29H2,1-6H3;1H,(H2,2,3). The highest BCUT2D eigenvalue weighted by atomic mass is 16.1. The summed E-state index contributed by atoms with van der Waals surface area (Å²) in [4.78, 5) is 18.6. The van der Waals surface area contributed by atoms with Crippen molar-refractivity contribution in [1.29, 1.82) is 0 Å². The van der Waals surface area contributed by atoms with Crippen LogP contribution in [0.4, 0.5) is 0 Å². The molecule has 0 fully saturated rings. The number of hydrogen-bond acceptors (Lipinski definition) is 6. The lowest BCUT2D eigenvalue weighted by molar-refractivity contribution is -0.106. The Morgan fingerprint density at radius 3 is 1.79 bits per heavy atom. The summed E-state index contributed by atoms with van der Waals surface area (Å²) in [6.07, 6.45) is 1.09. The van der Waals surface area contributed by atoms with Gasteiger partial charge in [-0.2, -0.15) is 0 Å². The molecule has 4 heterocycles. The van der Waals surface area contributed by atoms with E-state index in [1.165, 1.54) is 16.7 Å². The van der Waals surface area contributed by atoms with Gasteiger partial charge in [-0.25, -0.2) is 14.6 Å². The Morgan fingerprint density at radius 2 is 1.27 bits per heavy atom. The number of amides is 1. The molecule has 10 heteroatoms. The Bertz CT molecular complexity index is 2490. The van der Waals surface area contributed by atoms with Crippen LogP contribution in [0.1, 0.15) is 64.4 Å². The number of aryl methyl sites for hydroxylation is 4. The van der Waals surface area contributed by atoms with Crippen molar-refractivity contribution in [3.63, 3.8) is 0 Å². The van der Waals surface area contributed by atoms with E-state index in [-0.39, 0.29) is 6.41 Å². The molecule has 8 rings (SSSR count). The van der Waals surface area contributed by atoms with Crippen LogP contribution in [-0.4, -0.2) is 45.7 Å². The number of benzene rings is 4. The van der Waals surface area contributed by atoms with Gasteiger partial charge >= 0.3 is 0 Å². The van der Waals surface area contributed by atoms with Gasteiger partial charge in [-0.1, -0.05) is 122 Å². The zero-order chi connectivity index (χ0) is 39.4. The molecule has 10 nitrogen and oxygen atoms in total. The first-order valence-electron chi connectivity index (χ1n) is 19.0. The molecule has 56 heavy (non-hydrogen) atoms. The van der Waals surface area contributed by atoms with Crippen molar-refractivity contribution >= 4 is 17.6 Å². The number of nitrogens with zero attached hydrogens (tertiary/aromatic N) is 8. The molecule has 4 aromatic carbocycles. The van der Waals surface area contributed by atoms with E-state index >= 15 is 0 Å². The summed E-state index contributed by atoms with van der Waals surface area (Å²) in [6.45, 7) is 14.4. The number of aromatic nitrogens is 8. The minimum absolute atomic E-state index is 0.250. The monoisotopic (exact) mass is 741 g/mol. The lowest BCUT2D eigenvalue weighted by atomic mass is 9.77. The molecule has 0 atom stereocenters. The van der Waals surface area contributed by atoms with Crippen molar-refractivity contribution in [2.45, 2.75) is 66.6 Å². The maximum Gasteiger partial charge on any atom is 0.204 e. The predicted octanol–water partition coefficient (Wildman–Crippen LogP) is 8.36. The summed E-state index contributed by atoms with van der Waals surface area (Å²) in [7, 11) is 0. The molecule has 2 N–H and O–H groups in total. The first-order valence-corrected chi connectivity index (χ1v) is 19.0. The number of hydrogen-bond donors (Lipinski definition) is 1. The Kier molecular flexibility index (Phi) is 10.7. The number of tetrazole rings is 1. The smallest absolute Gasteiger partial charge is 0.204 e. The van der Waals surface area contributed by atoms with Gasteiger partial charge in [0, 0.05) is 29.9 Å². The SMILES string of the molecule is CCc1nc2c(C)c(C)c(C)nc2n1Cc1ccc(-c2c(-c3nnnn3C(c3ccccc3)(c3ccccc3)c3ccccc3)cc(C)n2CC)cc1.NC=O. The minimum Gasteiger partial charge on any atom is -0.372 e. The lowest BCUT2D eigenvalue weighted by Crippen LogP contribution is -2.39. The third-order valence-electron chi connectivity index (χ3n) is 10.9. The maximum atomic E-state index is 8.58. The highest BCUT2D eigenvalue weighted by Crippen LogP contribution is 2.44. The summed E-state index contributed by atoms with van der Waals surface area (Å²) >= 11 is 0. The highest BCUT2D eigenvalue weighted by Gasteiger charge is 2.42. The number of imidazole rings is 1. The number of primary amides is 1. The van der Waals surface area contributed by atoms with Crippen LogP contribution in [0.15, 0.2) is 121 Å². The normalized spacial score (nSPS) is 11.4. The van der Waals surface area contributed by atoms with Crippen LogP contribution < -0.4 is 5.73 Å². The van der Waals surface area contributed by atoms with Gasteiger partial charge in [0.05, 0.1) is 12.2 Å². The van der Waals surface area contributed by atoms with Crippen LogP contribution in [0.3, 0.4) is 0 Å². The van der Waals surface area contributed by atoms with Crippen LogP contribution >= 0.6 is 0 Å². The van der Waals surface area contributed by atoms with E-state index in [4.69, 9.17) is 25.1 Å². The number of nitrogens with two attached hydrogens (primary N) is 1. The zero-order valence-electron chi connectivity index (χ0n) is 32.8. The Morgan fingerprint density at radius 1 is 0.714 bits per heavy atom. The molecule has 0 spiro atoms. The molecular formula is C46H47N9O. The molecule has 0 saturated heterocycles. The average Bonchev–Trinajstić information content (AvgIpc) is 3.95. The van der Waals surface area contributed by atoms with E-state index in [1.807, 2.05) is 4.68 Å². The van der Waals surface area contributed by atoms with Gasteiger partial charge in [-0.3, -0.25) is 4.79 Å². The highest BCUT2D eigenvalue weighted by molar-refractivity contribution is 5.81. The molecular weight excluding hydrogens is 695 g/mol. The molecule has 8 aromatic rings. The first-order chi connectivity index (χ1) is 27.3. The summed E-state index contributed by atoms with van der Waals surface area (Å²) < 4.78 is 6.66. The van der Waals surface area contributed by atoms with Crippen molar-refractivity contribution in [3.05, 3.63) is 172 Å². The number of rotatable bonds is 10. The van der Waals surface area contributed by atoms with Crippen molar-refractivity contribution in [3.8, 4) is 22.6 Å². The average molecular weight is 742 g/mol. The molecule has 0 radical (unpaired) electrons. The van der Waals surface area contributed by atoms with Crippen molar-refractivity contribution in [2.75, 3.05) is 0 Å². The fourth-order valence-corrected chi connectivity index (χ4v) is 7.98. The second-order valence-electron chi connectivity index (χ2n) is 13.9. The minimum atomic E-state index is -0.847. The van der Waals surface area contributed by atoms with Crippen LogP contribution in [0.5, 0.6) is 0 Å². The molecule has 1 amide bonds. The van der Waals surface area contributed by atoms with Crippen molar-refractivity contribution in [2.24, 2.45) is 5.73 Å². The fraction of sp³-hybridized carbons (Fsp3) is 0.217. The van der Waals surface area contributed by atoms with Crippen LogP contribution in [0, 0.1) is 27.7 Å². The number of fused-ring (bicyclic) bond motifs is 1. The largest absolute Gasteiger partial charge is 0.372 e. The van der Waals surface area contributed by atoms with Crippen LogP contribution in [0.2, 0.25) is 0 Å². The third kappa shape index (κ3) is 6.46. The van der Waals surface area contributed by atoms with E-state index in [2.05, 4.69) is 183 Å². The predicted molar refractivity (Wildman–Crippen MR) is 222 cm³/mol. The van der Waals surface area contributed by atoms with Crippen molar-refractivity contribution in [1.82, 2.24) is 39.3 Å². The van der Waals surface area contributed by atoms with Crippen molar-refractivity contribution < 1.29 is 4.79 Å². The molecule has 4 aromatic heterocycles. The molecule has 0 bridgehead atoms. The Hall–Kier alpha value is -6.68. The maximum absolute atomic E-state index is 8.58. The Balaban J connectivity index is 0.00000155. The fourth-order valence-electron chi connectivity index (χ4n) is 7.98. The zero-order valence-corrected chi connectivity index (χ0v) is 32.8. The second kappa shape index (κ2) is 16.0. The first kappa shape index (κ1) is 37.6. The van der Waals surface area contributed by atoms with Gasteiger partial charge in [0.2, 0.25) is 6.41 Å². The summed E-state index contributed by atoms with van der Waals surface area (Å²) in [5, 5.41) is 14.0. The summed E-state index contributed by atoms with van der Waals surface area (Å²) in [5.74, 6) is 1.74. The second-order valence-corrected chi connectivity index (χ2v) is 13.9. The van der Waals surface area contributed by atoms with E-state index in [1.54, 1.807) is 0 Å². The molecule has 0 aliphatic carbocycles. The Labute approximate surface area is 327 Å². The van der Waals surface area contributed by atoms with E-state index < -0.39 is 5.54 Å². The number of carbonyl (C=O) groups excluding carboxylic acids is 1. The quantitative estimate of drug-likeness (QED) is 0.111. The molecule has 282 valence electrons. The van der Waals surface area contributed by atoms with Gasteiger partial charge in [0.25, 0.3) is 0 Å². The van der Waals surface area contributed by atoms with E-state index in [0.29, 0.717) is 12.4 Å². The number of pyridine rings is 1. The van der Waals surface area contributed by atoms with Gasteiger partial charge in [-0.15, -0.1) is 5.10 Å². The van der Waals surface area contributed by atoms with Gasteiger partial charge in [0.15, 0.2) is 11.5 Å². The molecule has 0 unspecified atom stereocenters. The topological polar surface area (TPSA) is 122 Å². The molecule has 0 saturated carbocycles. The van der Waals surface area contributed by atoms with Gasteiger partial charge < -0.3 is 14.9 Å². The third-order valence-corrected chi connectivity index (χ3v) is 10.9. The summed E-state index contributed by atoms with van der Waals surface area (Å²) in [6, 6.07) is 42.8. The van der Waals surface area contributed by atoms with Crippen LogP contribution in [-0.2, 0) is 29.8 Å². The molecule has 0 aliphatic heterocycles. The van der Waals surface area contributed by atoms with Crippen LogP contribution in [0.25, 0.3) is 33.8 Å². The summed E-state index contributed by atoms with van der Waals surface area (Å²) in [5.41, 5.74) is 17.4.